The van der Waals surface area contributed by atoms with Gasteiger partial charge < -0.3 is 14.2 Å². The molecule has 4 rings (SSSR count). The largest absolute Gasteiger partial charge is 0.450 e. The number of rotatable bonds is 2. The topological polar surface area (TPSA) is 53.8 Å². The van der Waals surface area contributed by atoms with Gasteiger partial charge >= 0.3 is 0 Å². The number of carbonyl (C=O) groups is 2. The van der Waals surface area contributed by atoms with Crippen molar-refractivity contribution in [3.8, 4) is 0 Å². The zero-order valence-corrected chi connectivity index (χ0v) is 17.7. The van der Waals surface area contributed by atoms with E-state index in [1.807, 2.05) is 18.2 Å². The Morgan fingerprint density at radius 3 is 2.25 bits per heavy atom. The van der Waals surface area contributed by atoms with Gasteiger partial charge in [-0.1, -0.05) is 41.4 Å². The Morgan fingerprint density at radius 1 is 0.929 bits per heavy atom. The average Bonchev–Trinajstić information content (AvgIpc) is 3.15. The number of furan rings is 1. The minimum atomic E-state index is -0.188. The predicted molar refractivity (Wildman–Crippen MR) is 112 cm³/mol. The number of halogens is 3. The van der Waals surface area contributed by atoms with Gasteiger partial charge in [0.15, 0.2) is 5.76 Å². The number of nitrogens with zero attached hydrogens (tertiary/aromatic N) is 2. The van der Waals surface area contributed by atoms with Crippen molar-refractivity contribution in [3.05, 3.63) is 68.3 Å². The molecule has 2 aromatic carbocycles. The van der Waals surface area contributed by atoms with E-state index in [1.165, 1.54) is 0 Å². The molecule has 28 heavy (non-hydrogen) atoms. The lowest BCUT2D eigenvalue weighted by Crippen LogP contribution is -2.50. The van der Waals surface area contributed by atoms with Crippen molar-refractivity contribution >= 4 is 61.9 Å². The van der Waals surface area contributed by atoms with Crippen molar-refractivity contribution in [1.29, 1.82) is 0 Å². The molecule has 2 amide bonds. The van der Waals surface area contributed by atoms with E-state index in [9.17, 15) is 9.59 Å². The molecule has 0 N–H and O–H groups in total. The standard InChI is InChI=1S/C20H15BrCl2N2O3/c21-14-5-1-3-12-11-16(28-18(12)14)20(27)25-9-7-24(8-10-25)19(26)13-4-2-6-15(22)17(13)23/h1-6,11H,7-10H2. The first-order valence-electron chi connectivity index (χ1n) is 8.66. The quantitative estimate of drug-likeness (QED) is 0.511. The van der Waals surface area contributed by atoms with Crippen LogP contribution >= 0.6 is 39.1 Å². The molecule has 0 saturated carbocycles. The van der Waals surface area contributed by atoms with Crippen LogP contribution in [0.25, 0.3) is 11.0 Å². The summed E-state index contributed by atoms with van der Waals surface area (Å²) in [5, 5.41) is 1.46. The zero-order chi connectivity index (χ0) is 19.8. The second-order valence-corrected chi connectivity index (χ2v) is 8.09. The van der Waals surface area contributed by atoms with Gasteiger partial charge in [-0.05, 0) is 40.2 Å². The van der Waals surface area contributed by atoms with Crippen molar-refractivity contribution in [1.82, 2.24) is 9.80 Å². The van der Waals surface area contributed by atoms with Crippen LogP contribution in [0.5, 0.6) is 0 Å². The molecule has 8 heteroatoms. The lowest BCUT2D eigenvalue weighted by Gasteiger charge is -2.34. The molecule has 1 aliphatic rings. The average molecular weight is 482 g/mol. The van der Waals surface area contributed by atoms with Crippen LogP contribution in [0.3, 0.4) is 0 Å². The molecule has 5 nitrogen and oxygen atoms in total. The van der Waals surface area contributed by atoms with E-state index in [1.54, 1.807) is 34.1 Å². The highest BCUT2D eigenvalue weighted by molar-refractivity contribution is 9.10. The fourth-order valence-electron chi connectivity index (χ4n) is 3.24. The zero-order valence-electron chi connectivity index (χ0n) is 14.6. The summed E-state index contributed by atoms with van der Waals surface area (Å²) in [7, 11) is 0. The lowest BCUT2D eigenvalue weighted by atomic mass is 10.1. The maximum atomic E-state index is 12.8. The normalized spacial score (nSPS) is 14.5. The van der Waals surface area contributed by atoms with E-state index in [4.69, 9.17) is 27.6 Å². The van der Waals surface area contributed by atoms with Gasteiger partial charge in [-0.25, -0.2) is 0 Å². The van der Waals surface area contributed by atoms with Gasteiger partial charge in [-0.15, -0.1) is 0 Å². The second-order valence-electron chi connectivity index (χ2n) is 6.45. The molecule has 2 heterocycles. The molecule has 0 atom stereocenters. The Kier molecular flexibility index (Phi) is 5.36. The highest BCUT2D eigenvalue weighted by Crippen LogP contribution is 2.29. The highest BCUT2D eigenvalue weighted by Gasteiger charge is 2.28. The second kappa shape index (κ2) is 7.78. The molecule has 0 bridgehead atoms. The number of amides is 2. The van der Waals surface area contributed by atoms with E-state index in [0.717, 1.165) is 9.86 Å². The van der Waals surface area contributed by atoms with Gasteiger partial charge in [0.2, 0.25) is 0 Å². The van der Waals surface area contributed by atoms with Crippen molar-refractivity contribution < 1.29 is 14.0 Å². The van der Waals surface area contributed by atoms with Crippen molar-refractivity contribution in [2.75, 3.05) is 26.2 Å². The van der Waals surface area contributed by atoms with Gasteiger partial charge in [0.25, 0.3) is 11.8 Å². The third kappa shape index (κ3) is 3.52. The fourth-order valence-corrected chi connectivity index (χ4v) is 4.08. The van der Waals surface area contributed by atoms with Crippen LogP contribution in [-0.2, 0) is 0 Å². The summed E-state index contributed by atoms with van der Waals surface area (Å²) in [6.07, 6.45) is 0. The Morgan fingerprint density at radius 2 is 1.57 bits per heavy atom. The lowest BCUT2D eigenvalue weighted by molar-refractivity contribution is 0.0519. The Hall–Kier alpha value is -2.02. The molecule has 1 fully saturated rings. The summed E-state index contributed by atoms with van der Waals surface area (Å²) in [5.74, 6) is -0.0807. The summed E-state index contributed by atoms with van der Waals surface area (Å²) in [6.45, 7) is 1.66. The van der Waals surface area contributed by atoms with Crippen molar-refractivity contribution in [3.63, 3.8) is 0 Å². The molecule has 0 aliphatic carbocycles. The number of hydrogen-bond acceptors (Lipinski definition) is 3. The van der Waals surface area contributed by atoms with Crippen LogP contribution < -0.4 is 0 Å². The number of para-hydroxylation sites is 1. The maximum absolute atomic E-state index is 12.8. The van der Waals surface area contributed by atoms with Gasteiger partial charge in [-0.2, -0.15) is 0 Å². The summed E-state index contributed by atoms with van der Waals surface area (Å²) in [4.78, 5) is 28.9. The van der Waals surface area contributed by atoms with Crippen LogP contribution in [0.1, 0.15) is 20.9 Å². The number of fused-ring (bicyclic) bond motifs is 1. The first-order valence-corrected chi connectivity index (χ1v) is 10.2. The molecule has 0 unspecified atom stereocenters. The van der Waals surface area contributed by atoms with Gasteiger partial charge in [-0.3, -0.25) is 9.59 Å². The maximum Gasteiger partial charge on any atom is 0.289 e. The first kappa shape index (κ1) is 19.3. The Labute approximate surface area is 179 Å². The third-order valence-corrected chi connectivity index (χ3v) is 6.19. The van der Waals surface area contributed by atoms with Crippen molar-refractivity contribution in [2.24, 2.45) is 0 Å². The molecule has 0 spiro atoms. The fraction of sp³-hybridized carbons (Fsp3) is 0.200. The van der Waals surface area contributed by atoms with E-state index in [-0.39, 0.29) is 16.8 Å². The molecule has 1 saturated heterocycles. The molecule has 0 radical (unpaired) electrons. The van der Waals surface area contributed by atoms with Crippen LogP contribution in [0.2, 0.25) is 10.0 Å². The summed E-state index contributed by atoms with van der Waals surface area (Å²) < 4.78 is 6.54. The summed E-state index contributed by atoms with van der Waals surface area (Å²) in [6, 6.07) is 12.4. The predicted octanol–water partition coefficient (Wildman–Crippen LogP) is 5.10. The molecule has 3 aromatic rings. The number of hydrogen-bond donors (Lipinski definition) is 0. The highest BCUT2D eigenvalue weighted by atomic mass is 79.9. The number of benzene rings is 2. The van der Waals surface area contributed by atoms with Crippen LogP contribution in [-0.4, -0.2) is 47.8 Å². The smallest absolute Gasteiger partial charge is 0.289 e. The minimum Gasteiger partial charge on any atom is -0.450 e. The summed E-state index contributed by atoms with van der Waals surface area (Å²) >= 11 is 15.6. The third-order valence-electron chi connectivity index (χ3n) is 4.74. The minimum absolute atomic E-state index is 0.184. The van der Waals surface area contributed by atoms with Crippen molar-refractivity contribution in [2.45, 2.75) is 0 Å². The molecular formula is C20H15BrCl2N2O3. The monoisotopic (exact) mass is 480 g/mol. The SMILES string of the molecule is O=C(c1cc2cccc(Br)c2o1)N1CCN(C(=O)c2cccc(Cl)c2Cl)CC1. The molecule has 1 aromatic heterocycles. The van der Waals surface area contributed by atoms with E-state index < -0.39 is 0 Å². The van der Waals surface area contributed by atoms with Gasteiger partial charge in [0.05, 0.1) is 20.1 Å². The van der Waals surface area contributed by atoms with Gasteiger partial charge in [0, 0.05) is 31.6 Å². The van der Waals surface area contributed by atoms with Crippen LogP contribution in [0.4, 0.5) is 0 Å². The molecule has 144 valence electrons. The van der Waals surface area contributed by atoms with E-state index >= 15 is 0 Å². The van der Waals surface area contributed by atoms with E-state index in [0.29, 0.717) is 48.1 Å². The molecule has 1 aliphatic heterocycles. The van der Waals surface area contributed by atoms with Gasteiger partial charge in [0.1, 0.15) is 5.58 Å². The number of piperazine rings is 1. The van der Waals surface area contributed by atoms with E-state index in [2.05, 4.69) is 15.9 Å². The Bertz CT molecular complexity index is 1070. The first-order chi connectivity index (χ1) is 13.5. The van der Waals surface area contributed by atoms with Crippen LogP contribution in [0.15, 0.2) is 51.4 Å². The molecular weight excluding hydrogens is 467 g/mol. The number of carbonyl (C=O) groups excluding carboxylic acids is 2. The Balaban J connectivity index is 1.46. The van der Waals surface area contributed by atoms with Crippen LogP contribution in [0, 0.1) is 0 Å². The summed E-state index contributed by atoms with van der Waals surface area (Å²) in [5.41, 5.74) is 1.02.